The van der Waals surface area contributed by atoms with Gasteiger partial charge in [-0.1, -0.05) is 23.7 Å². The van der Waals surface area contributed by atoms with Crippen LogP contribution in [0.2, 0.25) is 5.02 Å². The van der Waals surface area contributed by atoms with Crippen molar-refractivity contribution in [3.8, 4) is 10.6 Å². The van der Waals surface area contributed by atoms with Crippen LogP contribution in [0.5, 0.6) is 0 Å². The Morgan fingerprint density at radius 1 is 1.35 bits per heavy atom. The molecular formula is C15H15ClN2O3S2. The fourth-order valence-electron chi connectivity index (χ4n) is 2.52. The second-order valence-corrected chi connectivity index (χ2v) is 9.04. The number of rotatable bonds is 3. The largest absolute Gasteiger partial charge is 0.336 e. The molecule has 1 aromatic heterocycles. The molecule has 23 heavy (non-hydrogen) atoms. The summed E-state index contributed by atoms with van der Waals surface area (Å²) < 4.78 is 23.1. The van der Waals surface area contributed by atoms with Gasteiger partial charge in [0, 0.05) is 29.1 Å². The number of carbonyl (C=O) groups is 1. The van der Waals surface area contributed by atoms with Crippen molar-refractivity contribution in [3.63, 3.8) is 0 Å². The smallest absolute Gasteiger partial charge is 0.273 e. The molecule has 5 nitrogen and oxygen atoms in total. The van der Waals surface area contributed by atoms with Crippen LogP contribution in [0.25, 0.3) is 10.6 Å². The number of aromatic nitrogens is 1. The first-order valence-electron chi connectivity index (χ1n) is 7.05. The van der Waals surface area contributed by atoms with Crippen LogP contribution < -0.4 is 0 Å². The first kappa shape index (κ1) is 16.4. The molecule has 1 atom stereocenters. The van der Waals surface area contributed by atoms with Crippen LogP contribution in [0.15, 0.2) is 29.6 Å². The second kappa shape index (κ2) is 6.22. The summed E-state index contributed by atoms with van der Waals surface area (Å²) in [5, 5.41) is 3.08. The zero-order valence-electron chi connectivity index (χ0n) is 12.4. The third-order valence-electron chi connectivity index (χ3n) is 3.89. The number of nitrogens with zero attached hydrogens (tertiary/aromatic N) is 2. The topological polar surface area (TPSA) is 67.3 Å². The van der Waals surface area contributed by atoms with E-state index in [0.29, 0.717) is 17.1 Å². The van der Waals surface area contributed by atoms with Crippen molar-refractivity contribution in [2.24, 2.45) is 0 Å². The Labute approximate surface area is 143 Å². The summed E-state index contributed by atoms with van der Waals surface area (Å²) in [6.07, 6.45) is 0.485. The molecule has 1 saturated heterocycles. The number of benzene rings is 1. The van der Waals surface area contributed by atoms with Crippen molar-refractivity contribution in [2.45, 2.75) is 12.5 Å². The number of sulfone groups is 1. The first-order valence-corrected chi connectivity index (χ1v) is 10.1. The van der Waals surface area contributed by atoms with Gasteiger partial charge in [-0.3, -0.25) is 4.79 Å². The van der Waals surface area contributed by atoms with E-state index in [0.717, 1.165) is 10.6 Å². The van der Waals surface area contributed by atoms with Crippen LogP contribution in [0, 0.1) is 0 Å². The second-order valence-electron chi connectivity index (χ2n) is 5.52. The number of thiazole rings is 1. The van der Waals surface area contributed by atoms with E-state index in [1.54, 1.807) is 24.6 Å². The van der Waals surface area contributed by atoms with Crippen molar-refractivity contribution in [2.75, 3.05) is 18.6 Å². The molecule has 0 radical (unpaired) electrons. The molecule has 1 amide bonds. The molecule has 122 valence electrons. The van der Waals surface area contributed by atoms with Crippen molar-refractivity contribution in [1.29, 1.82) is 0 Å². The van der Waals surface area contributed by atoms with E-state index in [4.69, 9.17) is 11.6 Å². The molecule has 0 bridgehead atoms. The van der Waals surface area contributed by atoms with E-state index in [1.165, 1.54) is 16.2 Å². The van der Waals surface area contributed by atoms with Gasteiger partial charge in [-0.25, -0.2) is 13.4 Å². The van der Waals surface area contributed by atoms with Crippen LogP contribution in [0.3, 0.4) is 0 Å². The van der Waals surface area contributed by atoms with E-state index in [2.05, 4.69) is 4.98 Å². The van der Waals surface area contributed by atoms with E-state index >= 15 is 0 Å². The zero-order chi connectivity index (χ0) is 16.6. The zero-order valence-corrected chi connectivity index (χ0v) is 14.8. The average molecular weight is 371 g/mol. The maximum atomic E-state index is 12.5. The molecule has 0 aliphatic carbocycles. The molecule has 1 unspecified atom stereocenters. The summed E-state index contributed by atoms with van der Waals surface area (Å²) in [4.78, 5) is 18.4. The predicted molar refractivity (Wildman–Crippen MR) is 91.7 cm³/mol. The Hall–Kier alpha value is -1.44. The van der Waals surface area contributed by atoms with Gasteiger partial charge in [0.1, 0.15) is 10.7 Å². The summed E-state index contributed by atoms with van der Waals surface area (Å²) in [7, 11) is -1.39. The van der Waals surface area contributed by atoms with Crippen molar-refractivity contribution in [3.05, 3.63) is 40.4 Å². The van der Waals surface area contributed by atoms with E-state index in [9.17, 15) is 13.2 Å². The molecule has 1 fully saturated rings. The number of hydrogen-bond donors (Lipinski definition) is 0. The quantitative estimate of drug-likeness (QED) is 0.833. The monoisotopic (exact) mass is 370 g/mol. The number of amides is 1. The standard InChI is InChI=1S/C15H15ClN2O3S2/c1-18(12-6-7-23(20,21)9-12)15(19)13-8-22-14(17-13)10-2-4-11(16)5-3-10/h2-5,8,12H,6-7,9H2,1H3. The number of carbonyl (C=O) groups excluding carboxylic acids is 1. The van der Waals surface area contributed by atoms with Gasteiger partial charge in [0.15, 0.2) is 9.84 Å². The summed E-state index contributed by atoms with van der Waals surface area (Å²) in [5.41, 5.74) is 1.23. The Bertz CT molecular complexity index is 831. The summed E-state index contributed by atoms with van der Waals surface area (Å²) in [6.45, 7) is 0. The maximum absolute atomic E-state index is 12.5. The predicted octanol–water partition coefficient (Wildman–Crippen LogP) is 2.72. The molecule has 3 rings (SSSR count). The highest BCUT2D eigenvalue weighted by molar-refractivity contribution is 7.91. The van der Waals surface area contributed by atoms with Gasteiger partial charge in [0.25, 0.3) is 5.91 Å². The van der Waals surface area contributed by atoms with Crippen LogP contribution in [-0.2, 0) is 9.84 Å². The maximum Gasteiger partial charge on any atom is 0.273 e. The Morgan fingerprint density at radius 2 is 2.04 bits per heavy atom. The minimum Gasteiger partial charge on any atom is -0.336 e. The van der Waals surface area contributed by atoms with Gasteiger partial charge in [0.2, 0.25) is 0 Å². The Morgan fingerprint density at radius 3 is 2.65 bits per heavy atom. The molecular weight excluding hydrogens is 356 g/mol. The van der Waals surface area contributed by atoms with Crippen LogP contribution >= 0.6 is 22.9 Å². The highest BCUT2D eigenvalue weighted by atomic mass is 35.5. The summed E-state index contributed by atoms with van der Waals surface area (Å²) in [6, 6.07) is 6.98. The molecule has 1 aromatic carbocycles. The van der Waals surface area contributed by atoms with Gasteiger partial charge in [-0.05, 0) is 18.6 Å². The fourth-order valence-corrected chi connectivity index (χ4v) is 5.22. The highest BCUT2D eigenvalue weighted by Gasteiger charge is 2.33. The van der Waals surface area contributed by atoms with E-state index in [-0.39, 0.29) is 23.5 Å². The lowest BCUT2D eigenvalue weighted by Gasteiger charge is -2.22. The van der Waals surface area contributed by atoms with Crippen molar-refractivity contribution < 1.29 is 13.2 Å². The number of hydrogen-bond acceptors (Lipinski definition) is 5. The molecule has 1 aliphatic heterocycles. The van der Waals surface area contributed by atoms with Crippen LogP contribution in [0.4, 0.5) is 0 Å². The minimum absolute atomic E-state index is 0.0312. The van der Waals surface area contributed by atoms with Crippen molar-refractivity contribution >= 4 is 38.7 Å². The Kier molecular flexibility index (Phi) is 4.44. The van der Waals surface area contributed by atoms with Crippen molar-refractivity contribution in [1.82, 2.24) is 9.88 Å². The molecule has 0 spiro atoms. The van der Waals surface area contributed by atoms with Gasteiger partial charge >= 0.3 is 0 Å². The fraction of sp³-hybridized carbons (Fsp3) is 0.333. The first-order chi connectivity index (χ1) is 10.9. The van der Waals surface area contributed by atoms with E-state index < -0.39 is 9.84 Å². The molecule has 2 aromatic rings. The van der Waals surface area contributed by atoms with Crippen LogP contribution in [-0.4, -0.2) is 48.8 Å². The van der Waals surface area contributed by atoms with Crippen LogP contribution in [0.1, 0.15) is 16.9 Å². The van der Waals surface area contributed by atoms with Gasteiger partial charge < -0.3 is 4.90 Å². The third-order valence-corrected chi connectivity index (χ3v) is 6.78. The third kappa shape index (κ3) is 3.57. The number of halogens is 1. The summed E-state index contributed by atoms with van der Waals surface area (Å²) in [5.74, 6) is -0.0743. The molecule has 8 heteroatoms. The minimum atomic E-state index is -3.02. The van der Waals surface area contributed by atoms with Gasteiger partial charge in [-0.15, -0.1) is 11.3 Å². The molecule has 1 aliphatic rings. The Balaban J connectivity index is 1.77. The lowest BCUT2D eigenvalue weighted by atomic mass is 10.2. The van der Waals surface area contributed by atoms with Gasteiger partial charge in [-0.2, -0.15) is 0 Å². The SMILES string of the molecule is CN(C(=O)c1csc(-c2ccc(Cl)cc2)n1)C1CCS(=O)(=O)C1. The highest BCUT2D eigenvalue weighted by Crippen LogP contribution is 2.26. The average Bonchev–Trinajstić information content (AvgIpc) is 3.13. The lowest BCUT2D eigenvalue weighted by molar-refractivity contribution is 0.0742. The van der Waals surface area contributed by atoms with E-state index in [1.807, 2.05) is 12.1 Å². The molecule has 0 saturated carbocycles. The summed E-state index contributed by atoms with van der Waals surface area (Å²) >= 11 is 7.24. The molecule has 2 heterocycles. The normalized spacial score (nSPS) is 19.7. The molecule has 0 N–H and O–H groups in total. The van der Waals surface area contributed by atoms with Gasteiger partial charge in [0.05, 0.1) is 11.5 Å². The lowest BCUT2D eigenvalue weighted by Crippen LogP contribution is -2.38.